The van der Waals surface area contributed by atoms with E-state index in [1.807, 2.05) is 12.3 Å². The monoisotopic (exact) mass is 354 g/mol. The van der Waals surface area contributed by atoms with E-state index in [0.29, 0.717) is 0 Å². The molecule has 140 valence electrons. The van der Waals surface area contributed by atoms with E-state index in [4.69, 9.17) is 0 Å². The van der Waals surface area contributed by atoms with Gasteiger partial charge in [0.15, 0.2) is 5.82 Å². The second-order valence-corrected chi connectivity index (χ2v) is 7.19. The Labute approximate surface area is 156 Å². The molecular weight excluding hydrogens is 324 g/mol. The van der Waals surface area contributed by atoms with Crippen LogP contribution in [0.5, 0.6) is 0 Å². The van der Waals surface area contributed by atoms with Gasteiger partial charge in [-0.2, -0.15) is 0 Å². The lowest BCUT2D eigenvalue weighted by Crippen LogP contribution is -2.44. The lowest BCUT2D eigenvalue weighted by atomic mass is 10.1. The van der Waals surface area contributed by atoms with Gasteiger partial charge in [-0.3, -0.25) is 0 Å². The molecule has 3 rings (SSSR count). The molecule has 0 amide bonds. The minimum absolute atomic E-state index is 0.771. The molecule has 0 unspecified atom stereocenters. The zero-order chi connectivity index (χ0) is 18.4. The number of anilines is 2. The average Bonchev–Trinajstić information content (AvgIpc) is 2.66. The van der Waals surface area contributed by atoms with Gasteiger partial charge in [-0.15, -0.1) is 0 Å². The van der Waals surface area contributed by atoms with Crippen LogP contribution in [0.25, 0.3) is 11.4 Å². The van der Waals surface area contributed by atoms with Crippen molar-refractivity contribution in [2.24, 2.45) is 0 Å². The van der Waals surface area contributed by atoms with E-state index in [-0.39, 0.29) is 0 Å². The van der Waals surface area contributed by atoms with Crippen LogP contribution in [0.2, 0.25) is 0 Å². The van der Waals surface area contributed by atoms with Crippen molar-refractivity contribution >= 4 is 11.5 Å². The van der Waals surface area contributed by atoms with Crippen molar-refractivity contribution in [1.29, 1.82) is 0 Å². The van der Waals surface area contributed by atoms with E-state index in [9.17, 15) is 0 Å². The Morgan fingerprint density at radius 3 is 2.46 bits per heavy atom. The Morgan fingerprint density at radius 1 is 1.04 bits per heavy atom. The maximum absolute atomic E-state index is 4.66. The van der Waals surface area contributed by atoms with Gasteiger partial charge >= 0.3 is 0 Å². The fraction of sp³-hybridized carbons (Fsp3) is 0.500. The third-order valence-corrected chi connectivity index (χ3v) is 4.74. The Hall–Kier alpha value is -2.18. The second kappa shape index (κ2) is 8.96. The predicted octanol–water partition coefficient (Wildman–Crippen LogP) is 2.26. The van der Waals surface area contributed by atoms with Gasteiger partial charge in [-0.1, -0.05) is 0 Å². The van der Waals surface area contributed by atoms with Crippen LogP contribution in [0.4, 0.5) is 11.5 Å². The molecule has 0 spiro atoms. The number of nitrogens with zero attached hydrogens (tertiary/aromatic N) is 5. The molecule has 0 atom stereocenters. The fourth-order valence-corrected chi connectivity index (χ4v) is 3.09. The van der Waals surface area contributed by atoms with E-state index in [0.717, 1.165) is 62.9 Å². The number of likely N-dealkylation sites (N-methyl/N-ethyl adjacent to an activating group) is 1. The molecule has 0 bridgehead atoms. The smallest absolute Gasteiger partial charge is 0.161 e. The third kappa shape index (κ3) is 5.16. The highest BCUT2D eigenvalue weighted by Gasteiger charge is 2.14. The van der Waals surface area contributed by atoms with Crippen LogP contribution in [0, 0.1) is 0 Å². The number of rotatable bonds is 7. The van der Waals surface area contributed by atoms with Gasteiger partial charge < -0.3 is 20.0 Å². The lowest BCUT2D eigenvalue weighted by Gasteiger charge is -2.34. The Balaban J connectivity index is 1.61. The first-order valence-electron chi connectivity index (χ1n) is 9.37. The largest absolute Gasteiger partial charge is 0.370 e. The van der Waals surface area contributed by atoms with E-state index in [1.54, 1.807) is 0 Å². The summed E-state index contributed by atoms with van der Waals surface area (Å²) < 4.78 is 0. The summed E-state index contributed by atoms with van der Waals surface area (Å²) >= 11 is 0. The van der Waals surface area contributed by atoms with Gasteiger partial charge in [-0.05, 0) is 64.4 Å². The van der Waals surface area contributed by atoms with E-state index < -0.39 is 0 Å². The maximum Gasteiger partial charge on any atom is 0.161 e. The first-order valence-corrected chi connectivity index (χ1v) is 9.37. The van der Waals surface area contributed by atoms with Crippen LogP contribution >= 0.6 is 0 Å². The molecule has 1 aliphatic rings. The third-order valence-electron chi connectivity index (χ3n) is 4.74. The Kier molecular flexibility index (Phi) is 6.41. The topological polar surface area (TPSA) is 47.5 Å². The van der Waals surface area contributed by atoms with Crippen LogP contribution in [-0.4, -0.2) is 80.2 Å². The molecule has 0 radical (unpaired) electrons. The summed E-state index contributed by atoms with van der Waals surface area (Å²) in [7, 11) is 6.36. The molecule has 2 aromatic rings. The number of hydrogen-bond donors (Lipinski definition) is 1. The number of aromatic nitrogens is 2. The number of hydrogen-bond acceptors (Lipinski definition) is 6. The van der Waals surface area contributed by atoms with Crippen LogP contribution in [-0.2, 0) is 0 Å². The molecule has 2 heterocycles. The highest BCUT2D eigenvalue weighted by Crippen LogP contribution is 2.22. The van der Waals surface area contributed by atoms with Crippen molar-refractivity contribution in [2.75, 3.05) is 70.6 Å². The minimum Gasteiger partial charge on any atom is -0.370 e. The normalized spacial score (nSPS) is 15.5. The van der Waals surface area contributed by atoms with Gasteiger partial charge in [-0.25, -0.2) is 9.97 Å². The van der Waals surface area contributed by atoms with E-state index in [1.165, 1.54) is 5.69 Å². The summed E-state index contributed by atoms with van der Waals surface area (Å²) in [6.45, 7) is 6.38. The van der Waals surface area contributed by atoms with Gasteiger partial charge in [0, 0.05) is 50.2 Å². The van der Waals surface area contributed by atoms with Gasteiger partial charge in [0.05, 0.1) is 0 Å². The van der Waals surface area contributed by atoms with E-state index >= 15 is 0 Å². The molecule has 1 fully saturated rings. The van der Waals surface area contributed by atoms with Crippen LogP contribution < -0.4 is 10.2 Å². The molecule has 1 saturated heterocycles. The summed E-state index contributed by atoms with van der Waals surface area (Å²) in [6.07, 6.45) is 2.91. The summed E-state index contributed by atoms with van der Waals surface area (Å²) in [5.74, 6) is 1.66. The van der Waals surface area contributed by atoms with Crippen molar-refractivity contribution in [1.82, 2.24) is 19.8 Å². The van der Waals surface area contributed by atoms with Crippen LogP contribution in [0.1, 0.15) is 6.42 Å². The second-order valence-electron chi connectivity index (χ2n) is 7.19. The van der Waals surface area contributed by atoms with Crippen molar-refractivity contribution in [3.63, 3.8) is 0 Å². The lowest BCUT2D eigenvalue weighted by molar-refractivity contribution is 0.313. The first kappa shape index (κ1) is 18.6. The Morgan fingerprint density at radius 2 is 1.77 bits per heavy atom. The van der Waals surface area contributed by atoms with Crippen LogP contribution in [0.3, 0.4) is 0 Å². The van der Waals surface area contributed by atoms with Crippen molar-refractivity contribution in [3.8, 4) is 11.4 Å². The zero-order valence-corrected chi connectivity index (χ0v) is 16.1. The number of nitrogens with one attached hydrogen (secondary N) is 1. The number of piperazine rings is 1. The molecule has 1 aromatic heterocycles. The Bertz CT molecular complexity index is 677. The molecular formula is C20H30N6. The zero-order valence-electron chi connectivity index (χ0n) is 16.1. The van der Waals surface area contributed by atoms with Gasteiger partial charge in [0.2, 0.25) is 0 Å². The SMILES string of the molecule is CN(C)CCCNc1ccnc(-c2ccc(N3CCN(C)CC3)cc2)n1. The predicted molar refractivity (Wildman–Crippen MR) is 109 cm³/mol. The van der Waals surface area contributed by atoms with Gasteiger partial charge in [0.25, 0.3) is 0 Å². The van der Waals surface area contributed by atoms with Crippen molar-refractivity contribution < 1.29 is 0 Å². The molecule has 1 aromatic carbocycles. The molecule has 6 heteroatoms. The maximum atomic E-state index is 4.66. The number of benzene rings is 1. The fourth-order valence-electron chi connectivity index (χ4n) is 3.09. The molecule has 6 nitrogen and oxygen atoms in total. The van der Waals surface area contributed by atoms with Crippen molar-refractivity contribution in [3.05, 3.63) is 36.5 Å². The van der Waals surface area contributed by atoms with Gasteiger partial charge in [0.1, 0.15) is 5.82 Å². The summed E-state index contributed by atoms with van der Waals surface area (Å²) in [5, 5.41) is 3.39. The molecule has 26 heavy (non-hydrogen) atoms. The summed E-state index contributed by atoms with van der Waals surface area (Å²) in [6, 6.07) is 10.5. The minimum atomic E-state index is 0.771. The molecule has 0 aliphatic carbocycles. The summed E-state index contributed by atoms with van der Waals surface area (Å²) in [5.41, 5.74) is 2.33. The quantitative estimate of drug-likeness (QED) is 0.770. The van der Waals surface area contributed by atoms with E-state index in [2.05, 4.69) is 75.4 Å². The standard InChI is InChI=1S/C20H30N6/c1-24(2)12-4-10-21-19-9-11-22-20(23-19)17-5-7-18(8-6-17)26-15-13-25(3)14-16-26/h5-9,11H,4,10,12-16H2,1-3H3,(H,21,22,23). The van der Waals surface area contributed by atoms with Crippen LogP contribution in [0.15, 0.2) is 36.5 Å². The highest BCUT2D eigenvalue weighted by atomic mass is 15.2. The average molecular weight is 355 g/mol. The van der Waals surface area contributed by atoms with Crippen molar-refractivity contribution in [2.45, 2.75) is 6.42 Å². The summed E-state index contributed by atoms with van der Waals surface area (Å²) in [4.78, 5) is 16.1. The molecule has 1 aliphatic heterocycles. The highest BCUT2D eigenvalue weighted by molar-refractivity contribution is 5.61. The molecule has 0 saturated carbocycles. The first-order chi connectivity index (χ1) is 12.6. The molecule has 1 N–H and O–H groups in total.